The van der Waals surface area contributed by atoms with Gasteiger partial charge in [-0.25, -0.2) is 4.98 Å². The van der Waals surface area contributed by atoms with E-state index in [-0.39, 0.29) is 0 Å². The summed E-state index contributed by atoms with van der Waals surface area (Å²) in [5.74, 6) is 0.679. The molecule has 0 unspecified atom stereocenters. The molecule has 0 aliphatic carbocycles. The number of methoxy groups -OCH3 is 1. The molecule has 16 heavy (non-hydrogen) atoms. The highest BCUT2D eigenvalue weighted by Gasteiger charge is 2.06. The molecule has 3 heteroatoms. The van der Waals surface area contributed by atoms with Gasteiger partial charge in [0, 0.05) is 16.5 Å². The highest BCUT2D eigenvalue weighted by atomic mass is 79.9. The van der Waals surface area contributed by atoms with Crippen LogP contribution in [0.5, 0.6) is 5.88 Å². The molecule has 0 spiro atoms. The summed E-state index contributed by atoms with van der Waals surface area (Å²) in [5.41, 5.74) is 3.09. The predicted octanol–water partition coefficient (Wildman–Crippen LogP) is 3.65. The molecule has 0 radical (unpaired) electrons. The van der Waals surface area contributed by atoms with Crippen molar-refractivity contribution in [3.8, 4) is 17.1 Å². The fraction of sp³-hybridized carbons (Fsp3) is 0.154. The Kier molecular flexibility index (Phi) is 3.57. The first-order valence-electron chi connectivity index (χ1n) is 5.00. The van der Waals surface area contributed by atoms with Crippen LogP contribution in [-0.4, -0.2) is 12.1 Å². The molecule has 0 fully saturated rings. The van der Waals surface area contributed by atoms with Crippen molar-refractivity contribution in [1.29, 1.82) is 0 Å². The number of ether oxygens (including phenoxy) is 1. The first kappa shape index (κ1) is 11.1. The molecule has 1 aromatic heterocycles. The molecule has 0 saturated carbocycles. The molecule has 0 amide bonds. The first-order chi connectivity index (χ1) is 7.85. The fourth-order valence-corrected chi connectivity index (χ4v) is 1.94. The van der Waals surface area contributed by atoms with Crippen LogP contribution in [0.2, 0.25) is 0 Å². The van der Waals surface area contributed by atoms with E-state index in [1.165, 1.54) is 0 Å². The second-order valence-electron chi connectivity index (χ2n) is 3.36. The molecule has 2 nitrogen and oxygen atoms in total. The van der Waals surface area contributed by atoms with Crippen molar-refractivity contribution in [3.05, 3.63) is 48.0 Å². The van der Waals surface area contributed by atoms with Crippen molar-refractivity contribution in [1.82, 2.24) is 4.98 Å². The molecule has 82 valence electrons. The highest BCUT2D eigenvalue weighted by Crippen LogP contribution is 2.24. The number of hydrogen-bond donors (Lipinski definition) is 0. The third-order valence-electron chi connectivity index (χ3n) is 2.35. The van der Waals surface area contributed by atoms with E-state index < -0.39 is 0 Å². The van der Waals surface area contributed by atoms with Crippen molar-refractivity contribution < 1.29 is 4.74 Å². The van der Waals surface area contributed by atoms with E-state index in [4.69, 9.17) is 4.74 Å². The topological polar surface area (TPSA) is 22.1 Å². The standard InChI is InChI=1S/C13H12BrNO/c1-16-13-11(9-14)7-8-12(15-13)10-5-3-2-4-6-10/h2-8H,9H2,1H3. The Morgan fingerprint density at radius 2 is 1.88 bits per heavy atom. The summed E-state index contributed by atoms with van der Waals surface area (Å²) in [4.78, 5) is 4.48. The summed E-state index contributed by atoms with van der Waals surface area (Å²) in [6.45, 7) is 0. The molecule has 0 aliphatic heterocycles. The average molecular weight is 278 g/mol. The summed E-state index contributed by atoms with van der Waals surface area (Å²) in [5, 5.41) is 0.748. The summed E-state index contributed by atoms with van der Waals surface area (Å²) in [7, 11) is 1.64. The summed E-state index contributed by atoms with van der Waals surface area (Å²) < 4.78 is 5.26. The smallest absolute Gasteiger partial charge is 0.217 e. The van der Waals surface area contributed by atoms with Gasteiger partial charge in [-0.2, -0.15) is 0 Å². The van der Waals surface area contributed by atoms with E-state index in [9.17, 15) is 0 Å². The SMILES string of the molecule is COc1nc(-c2ccccc2)ccc1CBr. The van der Waals surface area contributed by atoms with Gasteiger partial charge in [0.15, 0.2) is 0 Å². The second kappa shape index (κ2) is 5.12. The van der Waals surface area contributed by atoms with Crippen LogP contribution in [0.4, 0.5) is 0 Å². The summed E-state index contributed by atoms with van der Waals surface area (Å²) in [6.07, 6.45) is 0. The van der Waals surface area contributed by atoms with E-state index in [0.717, 1.165) is 22.2 Å². The molecule has 0 atom stereocenters. The van der Waals surface area contributed by atoms with Crippen LogP contribution in [0.1, 0.15) is 5.56 Å². The zero-order valence-electron chi connectivity index (χ0n) is 8.98. The third-order valence-corrected chi connectivity index (χ3v) is 2.95. The van der Waals surface area contributed by atoms with Crippen molar-refractivity contribution >= 4 is 15.9 Å². The Labute approximate surface area is 103 Å². The normalized spacial score (nSPS) is 10.1. The number of halogens is 1. The first-order valence-corrected chi connectivity index (χ1v) is 6.12. The third kappa shape index (κ3) is 2.25. The van der Waals surface area contributed by atoms with Crippen LogP contribution < -0.4 is 4.74 Å². The van der Waals surface area contributed by atoms with Gasteiger partial charge < -0.3 is 4.74 Å². The minimum absolute atomic E-state index is 0.679. The molecule has 1 aromatic carbocycles. The van der Waals surface area contributed by atoms with Crippen molar-refractivity contribution in [2.24, 2.45) is 0 Å². The van der Waals surface area contributed by atoms with Crippen molar-refractivity contribution in [3.63, 3.8) is 0 Å². The van der Waals surface area contributed by atoms with Gasteiger partial charge in [-0.15, -0.1) is 0 Å². The zero-order valence-corrected chi connectivity index (χ0v) is 10.6. The van der Waals surface area contributed by atoms with Gasteiger partial charge in [-0.05, 0) is 6.07 Å². The molecule has 2 aromatic rings. The minimum Gasteiger partial charge on any atom is -0.481 e. The number of pyridine rings is 1. The lowest BCUT2D eigenvalue weighted by Crippen LogP contribution is -1.94. The number of nitrogens with zero attached hydrogens (tertiary/aromatic N) is 1. The fourth-order valence-electron chi connectivity index (χ4n) is 1.52. The Morgan fingerprint density at radius 3 is 2.50 bits per heavy atom. The van der Waals surface area contributed by atoms with E-state index in [1.54, 1.807) is 7.11 Å². The number of hydrogen-bond acceptors (Lipinski definition) is 2. The van der Waals surface area contributed by atoms with Crippen LogP contribution in [-0.2, 0) is 5.33 Å². The highest BCUT2D eigenvalue weighted by molar-refractivity contribution is 9.08. The minimum atomic E-state index is 0.679. The molecular formula is C13H12BrNO. The number of benzene rings is 1. The average Bonchev–Trinajstić information content (AvgIpc) is 2.39. The van der Waals surface area contributed by atoms with E-state index in [0.29, 0.717) is 5.88 Å². The second-order valence-corrected chi connectivity index (χ2v) is 3.93. The zero-order chi connectivity index (χ0) is 11.4. The van der Waals surface area contributed by atoms with Crippen molar-refractivity contribution in [2.45, 2.75) is 5.33 Å². The Balaban J connectivity index is 2.44. The molecule has 0 saturated heterocycles. The summed E-state index contributed by atoms with van der Waals surface area (Å²) >= 11 is 3.41. The van der Waals surface area contributed by atoms with Gasteiger partial charge in [0.1, 0.15) is 0 Å². The molecule has 2 rings (SSSR count). The number of alkyl halides is 1. The van der Waals surface area contributed by atoms with Gasteiger partial charge in [0.2, 0.25) is 5.88 Å². The molecule has 0 bridgehead atoms. The maximum absolute atomic E-state index is 5.26. The number of rotatable bonds is 3. The van der Waals surface area contributed by atoms with Crippen LogP contribution in [0.3, 0.4) is 0 Å². The Hall–Kier alpha value is -1.35. The molecular weight excluding hydrogens is 266 g/mol. The van der Waals surface area contributed by atoms with Crippen LogP contribution >= 0.6 is 15.9 Å². The predicted molar refractivity (Wildman–Crippen MR) is 68.9 cm³/mol. The Morgan fingerprint density at radius 1 is 1.12 bits per heavy atom. The lowest BCUT2D eigenvalue weighted by Gasteiger charge is -2.07. The van der Waals surface area contributed by atoms with E-state index in [1.807, 2.05) is 42.5 Å². The monoisotopic (exact) mass is 277 g/mol. The van der Waals surface area contributed by atoms with Crippen LogP contribution in [0, 0.1) is 0 Å². The van der Waals surface area contributed by atoms with E-state index in [2.05, 4.69) is 20.9 Å². The van der Waals surface area contributed by atoms with Crippen LogP contribution in [0.25, 0.3) is 11.3 Å². The lowest BCUT2D eigenvalue weighted by atomic mass is 10.1. The van der Waals surface area contributed by atoms with Crippen LogP contribution in [0.15, 0.2) is 42.5 Å². The van der Waals surface area contributed by atoms with Gasteiger partial charge in [0.05, 0.1) is 12.8 Å². The molecule has 1 heterocycles. The van der Waals surface area contributed by atoms with E-state index >= 15 is 0 Å². The van der Waals surface area contributed by atoms with Gasteiger partial charge in [-0.3, -0.25) is 0 Å². The molecule has 0 aliphatic rings. The summed E-state index contributed by atoms with van der Waals surface area (Å²) in [6, 6.07) is 14.1. The largest absolute Gasteiger partial charge is 0.481 e. The molecule has 0 N–H and O–H groups in total. The van der Waals surface area contributed by atoms with Gasteiger partial charge in [0.25, 0.3) is 0 Å². The quantitative estimate of drug-likeness (QED) is 0.799. The maximum Gasteiger partial charge on any atom is 0.217 e. The van der Waals surface area contributed by atoms with Gasteiger partial charge >= 0.3 is 0 Å². The van der Waals surface area contributed by atoms with Crippen molar-refractivity contribution in [2.75, 3.05) is 7.11 Å². The van der Waals surface area contributed by atoms with Gasteiger partial charge in [-0.1, -0.05) is 52.3 Å². The number of aromatic nitrogens is 1. The lowest BCUT2D eigenvalue weighted by molar-refractivity contribution is 0.395. The Bertz CT molecular complexity index is 471. The maximum atomic E-state index is 5.26.